The smallest absolute Gasteiger partial charge is 0.251 e. The lowest BCUT2D eigenvalue weighted by Gasteiger charge is -2.18. The molecule has 1 aromatic rings. The van der Waals surface area contributed by atoms with Gasteiger partial charge in [-0.25, -0.2) is 0 Å². The molecule has 0 spiro atoms. The molecule has 0 fully saturated rings. The van der Waals surface area contributed by atoms with E-state index in [1.165, 1.54) is 0 Å². The Morgan fingerprint density at radius 1 is 0.513 bits per heavy atom. The van der Waals surface area contributed by atoms with E-state index in [2.05, 4.69) is 57.5 Å². The number of rotatable bonds is 21. The molecule has 3 N–H and O–H groups in total. The molecule has 0 aliphatic carbocycles. The summed E-state index contributed by atoms with van der Waals surface area (Å²) in [7, 11) is 0. The van der Waals surface area contributed by atoms with Crippen molar-refractivity contribution < 1.29 is 14.4 Å². The van der Waals surface area contributed by atoms with Gasteiger partial charge in [0, 0.05) is 36.3 Å². The van der Waals surface area contributed by atoms with Gasteiger partial charge in [-0.15, -0.1) is 0 Å². The average Bonchev–Trinajstić information content (AvgIpc) is 2.96. The van der Waals surface area contributed by atoms with Crippen LogP contribution >= 0.6 is 0 Å². The molecule has 0 aliphatic rings. The summed E-state index contributed by atoms with van der Waals surface area (Å²) in [5, 5.41) is 9.16. The Hall–Kier alpha value is -2.37. The Morgan fingerprint density at radius 2 is 0.769 bits per heavy atom. The van der Waals surface area contributed by atoms with Gasteiger partial charge in [0.05, 0.1) is 0 Å². The van der Waals surface area contributed by atoms with Crippen molar-refractivity contribution in [2.45, 2.75) is 119 Å². The van der Waals surface area contributed by atoms with Crippen LogP contribution in [0.5, 0.6) is 0 Å². The van der Waals surface area contributed by atoms with Gasteiger partial charge >= 0.3 is 0 Å². The van der Waals surface area contributed by atoms with Crippen LogP contribution in [0.1, 0.15) is 150 Å². The predicted molar refractivity (Wildman–Crippen MR) is 163 cm³/mol. The minimum atomic E-state index is -0.239. The maximum atomic E-state index is 13.2. The van der Waals surface area contributed by atoms with E-state index in [0.717, 1.165) is 77.0 Å². The first-order chi connectivity index (χ1) is 18.8. The average molecular weight is 544 g/mol. The molecule has 0 saturated heterocycles. The number of hydrogen-bond acceptors (Lipinski definition) is 3. The van der Waals surface area contributed by atoms with Crippen LogP contribution < -0.4 is 16.0 Å². The van der Waals surface area contributed by atoms with Crippen molar-refractivity contribution in [1.82, 2.24) is 16.0 Å². The molecule has 222 valence electrons. The molecule has 0 radical (unpaired) electrons. The number of unbranched alkanes of at least 4 members (excludes halogenated alkanes) is 3. The van der Waals surface area contributed by atoms with Crippen molar-refractivity contribution in [3.8, 4) is 0 Å². The van der Waals surface area contributed by atoms with Crippen LogP contribution in [0.15, 0.2) is 18.2 Å². The summed E-state index contributed by atoms with van der Waals surface area (Å²) in [6.45, 7) is 14.8. The second-order valence-corrected chi connectivity index (χ2v) is 11.2. The van der Waals surface area contributed by atoms with E-state index in [1.807, 2.05) is 0 Å². The fourth-order valence-electron chi connectivity index (χ4n) is 4.87. The van der Waals surface area contributed by atoms with E-state index in [1.54, 1.807) is 18.2 Å². The second kappa shape index (κ2) is 20.5. The summed E-state index contributed by atoms with van der Waals surface area (Å²) in [5.74, 6) is 0.552. The largest absolute Gasteiger partial charge is 0.352 e. The molecule has 0 saturated carbocycles. The normalized spacial score (nSPS) is 13.4. The third-order valence-corrected chi connectivity index (χ3v) is 8.00. The van der Waals surface area contributed by atoms with Gasteiger partial charge in [0.15, 0.2) is 0 Å². The zero-order chi connectivity index (χ0) is 29.0. The van der Waals surface area contributed by atoms with Gasteiger partial charge in [0.25, 0.3) is 17.7 Å². The Bertz CT molecular complexity index is 733. The third-order valence-electron chi connectivity index (χ3n) is 8.00. The molecule has 0 bridgehead atoms. The molecule has 3 amide bonds. The predicted octanol–water partition coefficient (Wildman–Crippen LogP) is 7.53. The summed E-state index contributed by atoms with van der Waals surface area (Å²) in [5.41, 5.74) is 1.07. The van der Waals surface area contributed by atoms with Crippen LogP contribution in [0.2, 0.25) is 0 Å². The van der Waals surface area contributed by atoms with Crippen molar-refractivity contribution in [2.75, 3.05) is 19.6 Å². The fourth-order valence-corrected chi connectivity index (χ4v) is 4.87. The second-order valence-electron chi connectivity index (χ2n) is 11.2. The van der Waals surface area contributed by atoms with Crippen molar-refractivity contribution in [1.29, 1.82) is 0 Å². The van der Waals surface area contributed by atoms with Crippen LogP contribution in [-0.2, 0) is 0 Å². The summed E-state index contributed by atoms with van der Waals surface area (Å²) in [6.07, 6.45) is 13.1. The van der Waals surface area contributed by atoms with E-state index >= 15 is 0 Å². The molecule has 6 heteroatoms. The van der Waals surface area contributed by atoms with Crippen LogP contribution in [0.3, 0.4) is 0 Å². The van der Waals surface area contributed by atoms with Crippen LogP contribution in [0.25, 0.3) is 0 Å². The SMILES string of the molecule is CCCCC(CC)CNC(=O)c1cc(C(=O)NCC(CC)CCCC)cc(C(=O)NCC(CC)CCCC)c1. The van der Waals surface area contributed by atoms with Crippen LogP contribution in [-0.4, -0.2) is 37.4 Å². The molecule has 39 heavy (non-hydrogen) atoms. The molecule has 0 heterocycles. The Labute approximate surface area is 238 Å². The lowest BCUT2D eigenvalue weighted by molar-refractivity contribution is 0.0945. The summed E-state index contributed by atoms with van der Waals surface area (Å²) in [4.78, 5) is 39.5. The first-order valence-corrected chi connectivity index (χ1v) is 15.8. The molecule has 1 aromatic carbocycles. The summed E-state index contributed by atoms with van der Waals surface area (Å²) < 4.78 is 0. The van der Waals surface area contributed by atoms with E-state index in [9.17, 15) is 14.4 Å². The highest BCUT2D eigenvalue weighted by atomic mass is 16.2. The van der Waals surface area contributed by atoms with Gasteiger partial charge in [-0.1, -0.05) is 99.3 Å². The number of carbonyl (C=O) groups excluding carboxylic acids is 3. The Balaban J connectivity index is 3.10. The Kier molecular flexibility index (Phi) is 18.2. The standard InChI is InChI=1S/C33H57N3O3/c1-7-13-16-25(10-4)22-34-31(37)28-19-29(32(38)35-23-26(11-5)17-14-8-2)21-30(20-28)33(39)36-24-27(12-6)18-15-9-3/h19-21,25-27H,7-18,22-24H2,1-6H3,(H,34,37)(H,35,38)(H,36,39). The van der Waals surface area contributed by atoms with Gasteiger partial charge in [0.1, 0.15) is 0 Å². The van der Waals surface area contributed by atoms with Gasteiger partial charge in [0.2, 0.25) is 0 Å². The maximum absolute atomic E-state index is 13.2. The maximum Gasteiger partial charge on any atom is 0.251 e. The van der Waals surface area contributed by atoms with Gasteiger partial charge in [-0.2, -0.15) is 0 Å². The minimum Gasteiger partial charge on any atom is -0.352 e. The minimum absolute atomic E-state index is 0.239. The van der Waals surface area contributed by atoms with E-state index < -0.39 is 0 Å². The molecule has 6 nitrogen and oxygen atoms in total. The molecular weight excluding hydrogens is 486 g/mol. The number of amides is 3. The van der Waals surface area contributed by atoms with Crippen molar-refractivity contribution in [3.63, 3.8) is 0 Å². The molecule has 0 aliphatic heterocycles. The van der Waals surface area contributed by atoms with Crippen LogP contribution in [0, 0.1) is 17.8 Å². The lowest BCUT2D eigenvalue weighted by Crippen LogP contribution is -2.33. The molecule has 3 unspecified atom stereocenters. The topological polar surface area (TPSA) is 87.3 Å². The van der Waals surface area contributed by atoms with Gasteiger partial charge in [-0.05, 0) is 55.2 Å². The third kappa shape index (κ3) is 13.5. The number of hydrogen-bond donors (Lipinski definition) is 3. The fraction of sp³-hybridized carbons (Fsp3) is 0.727. The Morgan fingerprint density at radius 3 is 0.974 bits per heavy atom. The number of benzene rings is 1. The quantitative estimate of drug-likeness (QED) is 0.150. The molecular formula is C33H57N3O3. The molecule has 1 rings (SSSR count). The van der Waals surface area contributed by atoms with Gasteiger partial charge < -0.3 is 16.0 Å². The van der Waals surface area contributed by atoms with Crippen molar-refractivity contribution in [3.05, 3.63) is 34.9 Å². The van der Waals surface area contributed by atoms with Crippen LogP contribution in [0.4, 0.5) is 0 Å². The summed E-state index contributed by atoms with van der Waals surface area (Å²) >= 11 is 0. The van der Waals surface area contributed by atoms with E-state index in [0.29, 0.717) is 54.1 Å². The molecule has 3 atom stereocenters. The number of carbonyl (C=O) groups is 3. The lowest BCUT2D eigenvalue weighted by atomic mass is 9.98. The van der Waals surface area contributed by atoms with E-state index in [-0.39, 0.29) is 17.7 Å². The first-order valence-electron chi connectivity index (χ1n) is 15.8. The zero-order valence-electron chi connectivity index (χ0n) is 25.8. The highest BCUT2D eigenvalue weighted by Crippen LogP contribution is 2.16. The monoisotopic (exact) mass is 543 g/mol. The van der Waals surface area contributed by atoms with E-state index in [4.69, 9.17) is 0 Å². The van der Waals surface area contributed by atoms with Gasteiger partial charge in [-0.3, -0.25) is 14.4 Å². The van der Waals surface area contributed by atoms with Crippen molar-refractivity contribution in [2.24, 2.45) is 17.8 Å². The number of nitrogens with one attached hydrogen (secondary N) is 3. The molecule has 0 aromatic heterocycles. The summed E-state index contributed by atoms with van der Waals surface area (Å²) in [6, 6.07) is 4.87. The highest BCUT2D eigenvalue weighted by molar-refractivity contribution is 6.04. The zero-order valence-corrected chi connectivity index (χ0v) is 25.8. The first kappa shape index (κ1) is 34.7. The highest BCUT2D eigenvalue weighted by Gasteiger charge is 2.19. The van der Waals surface area contributed by atoms with Crippen molar-refractivity contribution >= 4 is 17.7 Å².